The molecule has 0 unspecified atom stereocenters. The van der Waals surface area contributed by atoms with Gasteiger partial charge >= 0.3 is 0 Å². The minimum Gasteiger partial charge on any atom is -0.302 e. The van der Waals surface area contributed by atoms with Crippen molar-refractivity contribution in [3.05, 3.63) is 0 Å². The average molecular weight is 196 g/mol. The number of nitriles is 1. The summed E-state index contributed by atoms with van der Waals surface area (Å²) in [5.41, 5.74) is 0.531. The molecular weight excluding hydrogens is 172 g/mol. The van der Waals surface area contributed by atoms with Crippen molar-refractivity contribution in [1.82, 2.24) is 4.90 Å². The van der Waals surface area contributed by atoms with Crippen LogP contribution in [-0.4, -0.2) is 24.5 Å². The SMILES string of the molecule is CC.CC1(C)CCN(CCC#N)CC1. The van der Waals surface area contributed by atoms with Crippen LogP contribution in [0.4, 0.5) is 0 Å². The van der Waals surface area contributed by atoms with Gasteiger partial charge in [0.25, 0.3) is 0 Å². The maximum Gasteiger partial charge on any atom is 0.0635 e. The van der Waals surface area contributed by atoms with Crippen LogP contribution in [0, 0.1) is 16.7 Å². The van der Waals surface area contributed by atoms with Gasteiger partial charge in [0.15, 0.2) is 0 Å². The van der Waals surface area contributed by atoms with Gasteiger partial charge in [0.1, 0.15) is 0 Å². The van der Waals surface area contributed by atoms with Crippen LogP contribution < -0.4 is 0 Å². The fraction of sp³-hybridized carbons (Fsp3) is 0.917. The molecule has 0 amide bonds. The van der Waals surface area contributed by atoms with Crippen molar-refractivity contribution in [3.8, 4) is 6.07 Å². The molecule has 0 aromatic carbocycles. The Balaban J connectivity index is 0.000000791. The molecule has 0 spiro atoms. The average Bonchev–Trinajstić information content (AvgIpc) is 2.19. The zero-order chi connectivity index (χ0) is 11.0. The summed E-state index contributed by atoms with van der Waals surface area (Å²) < 4.78 is 0. The molecule has 0 saturated carbocycles. The molecule has 1 heterocycles. The zero-order valence-electron chi connectivity index (χ0n) is 10.1. The highest BCUT2D eigenvalue weighted by atomic mass is 15.1. The molecule has 2 nitrogen and oxygen atoms in total. The maximum atomic E-state index is 8.42. The number of nitrogens with zero attached hydrogens (tertiary/aromatic N) is 2. The summed E-state index contributed by atoms with van der Waals surface area (Å²) in [6, 6.07) is 2.19. The molecule has 14 heavy (non-hydrogen) atoms. The molecule has 2 heteroatoms. The van der Waals surface area contributed by atoms with Gasteiger partial charge in [-0.3, -0.25) is 0 Å². The summed E-state index contributed by atoms with van der Waals surface area (Å²) in [5, 5.41) is 8.42. The summed E-state index contributed by atoms with van der Waals surface area (Å²) in [7, 11) is 0. The van der Waals surface area contributed by atoms with Crippen molar-refractivity contribution in [1.29, 1.82) is 5.26 Å². The van der Waals surface area contributed by atoms with Crippen LogP contribution in [0.25, 0.3) is 0 Å². The van der Waals surface area contributed by atoms with E-state index in [1.54, 1.807) is 0 Å². The first-order valence-corrected chi connectivity index (χ1v) is 5.73. The number of likely N-dealkylation sites (tertiary alicyclic amines) is 1. The van der Waals surface area contributed by atoms with Crippen LogP contribution in [-0.2, 0) is 0 Å². The van der Waals surface area contributed by atoms with Crippen molar-refractivity contribution < 1.29 is 0 Å². The van der Waals surface area contributed by atoms with Gasteiger partial charge < -0.3 is 4.90 Å². The van der Waals surface area contributed by atoms with Crippen molar-refractivity contribution in [2.24, 2.45) is 5.41 Å². The first kappa shape index (κ1) is 13.4. The molecule has 0 atom stereocenters. The lowest BCUT2D eigenvalue weighted by atomic mass is 9.83. The molecule has 0 bridgehead atoms. The molecule has 1 aliphatic rings. The van der Waals surface area contributed by atoms with E-state index in [-0.39, 0.29) is 0 Å². The van der Waals surface area contributed by atoms with Crippen molar-refractivity contribution in [2.45, 2.75) is 47.0 Å². The van der Waals surface area contributed by atoms with E-state index in [9.17, 15) is 0 Å². The second-order valence-electron chi connectivity index (χ2n) is 4.41. The Kier molecular flexibility index (Phi) is 6.57. The Bertz CT molecular complexity index is 169. The summed E-state index contributed by atoms with van der Waals surface area (Å²) in [6.07, 6.45) is 3.23. The quantitative estimate of drug-likeness (QED) is 0.678. The van der Waals surface area contributed by atoms with Gasteiger partial charge in [-0.05, 0) is 31.3 Å². The third-order valence-electron chi connectivity index (χ3n) is 2.75. The van der Waals surface area contributed by atoms with Gasteiger partial charge in [0.2, 0.25) is 0 Å². The van der Waals surface area contributed by atoms with Crippen LogP contribution in [0.2, 0.25) is 0 Å². The molecule has 0 aromatic rings. The predicted molar refractivity (Wildman–Crippen MR) is 61.0 cm³/mol. The first-order valence-electron chi connectivity index (χ1n) is 5.73. The molecule has 1 rings (SSSR count). The Morgan fingerprint density at radius 2 is 1.71 bits per heavy atom. The largest absolute Gasteiger partial charge is 0.302 e. The minimum absolute atomic E-state index is 0.531. The van der Waals surface area contributed by atoms with Crippen LogP contribution in [0.3, 0.4) is 0 Å². The molecule has 1 fully saturated rings. The van der Waals surface area contributed by atoms with E-state index >= 15 is 0 Å². The van der Waals surface area contributed by atoms with Crippen molar-refractivity contribution in [3.63, 3.8) is 0 Å². The number of hydrogen-bond acceptors (Lipinski definition) is 2. The number of hydrogen-bond donors (Lipinski definition) is 0. The van der Waals surface area contributed by atoms with Crippen molar-refractivity contribution >= 4 is 0 Å². The van der Waals surface area contributed by atoms with Gasteiger partial charge in [-0.1, -0.05) is 27.7 Å². The Morgan fingerprint density at radius 3 is 2.14 bits per heavy atom. The summed E-state index contributed by atoms with van der Waals surface area (Å²) >= 11 is 0. The lowest BCUT2D eigenvalue weighted by Gasteiger charge is -2.36. The van der Waals surface area contributed by atoms with Gasteiger partial charge in [-0.15, -0.1) is 0 Å². The van der Waals surface area contributed by atoms with Crippen molar-refractivity contribution in [2.75, 3.05) is 19.6 Å². The Labute approximate surface area is 88.9 Å². The van der Waals surface area contributed by atoms with E-state index < -0.39 is 0 Å². The minimum atomic E-state index is 0.531. The molecular formula is C12H24N2. The van der Waals surface area contributed by atoms with Crippen LogP contribution >= 0.6 is 0 Å². The Hall–Kier alpha value is -0.550. The molecule has 0 aromatic heterocycles. The topological polar surface area (TPSA) is 27.0 Å². The molecule has 0 N–H and O–H groups in total. The highest BCUT2D eigenvalue weighted by Gasteiger charge is 2.24. The third-order valence-corrected chi connectivity index (χ3v) is 2.75. The second kappa shape index (κ2) is 6.84. The van der Waals surface area contributed by atoms with Gasteiger partial charge in [0, 0.05) is 13.0 Å². The highest BCUT2D eigenvalue weighted by Crippen LogP contribution is 2.29. The first-order chi connectivity index (χ1) is 6.64. The summed E-state index contributed by atoms with van der Waals surface area (Å²) in [6.45, 7) is 12.0. The lowest BCUT2D eigenvalue weighted by molar-refractivity contribution is 0.135. The second-order valence-corrected chi connectivity index (χ2v) is 4.41. The summed E-state index contributed by atoms with van der Waals surface area (Å²) in [4.78, 5) is 2.40. The third kappa shape index (κ3) is 5.24. The molecule has 82 valence electrons. The van der Waals surface area contributed by atoms with Crippen LogP contribution in [0.1, 0.15) is 47.0 Å². The Morgan fingerprint density at radius 1 is 1.21 bits per heavy atom. The summed E-state index contributed by atoms with van der Waals surface area (Å²) in [5.74, 6) is 0. The van der Waals surface area contributed by atoms with E-state index in [1.807, 2.05) is 13.8 Å². The fourth-order valence-corrected chi connectivity index (χ4v) is 1.59. The smallest absolute Gasteiger partial charge is 0.0635 e. The maximum absolute atomic E-state index is 8.42. The highest BCUT2D eigenvalue weighted by molar-refractivity contribution is 4.80. The molecule has 0 aliphatic carbocycles. The van der Waals surface area contributed by atoms with E-state index in [2.05, 4.69) is 24.8 Å². The van der Waals surface area contributed by atoms with Gasteiger partial charge in [-0.25, -0.2) is 0 Å². The number of piperidine rings is 1. The van der Waals surface area contributed by atoms with E-state index in [4.69, 9.17) is 5.26 Å². The molecule has 1 aliphatic heterocycles. The fourth-order valence-electron chi connectivity index (χ4n) is 1.59. The molecule has 1 saturated heterocycles. The standard InChI is InChI=1S/C10H18N2.C2H6/c1-10(2)4-8-12(9-5-10)7-3-6-11;1-2/h3-5,7-9H2,1-2H3;1-2H3. The van der Waals surface area contributed by atoms with Gasteiger partial charge in [0.05, 0.1) is 6.07 Å². The zero-order valence-corrected chi connectivity index (χ0v) is 10.1. The van der Waals surface area contributed by atoms with Gasteiger partial charge in [-0.2, -0.15) is 5.26 Å². The van der Waals surface area contributed by atoms with Crippen LogP contribution in [0.15, 0.2) is 0 Å². The molecule has 0 radical (unpaired) electrons. The van der Waals surface area contributed by atoms with E-state index in [0.717, 1.165) is 6.54 Å². The van der Waals surface area contributed by atoms with Crippen LogP contribution in [0.5, 0.6) is 0 Å². The van der Waals surface area contributed by atoms with E-state index in [0.29, 0.717) is 11.8 Å². The lowest BCUT2D eigenvalue weighted by Crippen LogP contribution is -2.37. The predicted octanol–water partition coefficient (Wildman–Crippen LogP) is 3.05. The normalized spacial score (nSPS) is 20.5. The monoisotopic (exact) mass is 196 g/mol. The number of rotatable bonds is 2. The van der Waals surface area contributed by atoms with E-state index in [1.165, 1.54) is 25.9 Å².